The van der Waals surface area contributed by atoms with E-state index in [0.29, 0.717) is 6.42 Å². The largest absolute Gasteiger partial charge is 0.469 e. The van der Waals surface area contributed by atoms with Crippen LogP contribution in [-0.2, 0) is 14.1 Å². The molecule has 0 aromatic heterocycles. The summed E-state index contributed by atoms with van der Waals surface area (Å²) in [4.78, 5) is 10.6. The van der Waals surface area contributed by atoms with Crippen LogP contribution in [0.15, 0.2) is 0 Å². The van der Waals surface area contributed by atoms with E-state index in [9.17, 15) is 4.79 Å². The van der Waals surface area contributed by atoms with Crippen molar-refractivity contribution < 1.29 is 14.1 Å². The van der Waals surface area contributed by atoms with Crippen LogP contribution in [0.25, 0.3) is 0 Å². The van der Waals surface area contributed by atoms with E-state index in [2.05, 4.69) is 14.2 Å². The Hall–Kier alpha value is -0.140. The lowest BCUT2D eigenvalue weighted by molar-refractivity contribution is -0.142. The molecule has 0 radical (unpaired) electrons. The highest BCUT2D eigenvalue weighted by Gasteiger charge is 2.10. The summed E-state index contributed by atoms with van der Waals surface area (Å²) in [7, 11) is 3.51. The predicted octanol–water partition coefficient (Wildman–Crippen LogP) is 1.13. The quantitative estimate of drug-likeness (QED) is 0.461. The Labute approximate surface area is 63.4 Å². The van der Waals surface area contributed by atoms with Crippen molar-refractivity contribution in [3.05, 3.63) is 0 Å². The number of rotatable bonds is 4. The second-order valence-electron chi connectivity index (χ2n) is 1.95. The average Bonchev–Trinajstić information content (AvgIpc) is 1.99. The summed E-state index contributed by atoms with van der Waals surface area (Å²) >= 11 is 0. The molecule has 0 saturated heterocycles. The maximum absolute atomic E-state index is 10.6. The van der Waals surface area contributed by atoms with Gasteiger partial charge in [-0.2, -0.15) is 0 Å². The van der Waals surface area contributed by atoms with Gasteiger partial charge in [-0.25, -0.2) is 0 Å². The molecular formula is C6H13O3P. The van der Waals surface area contributed by atoms with E-state index in [-0.39, 0.29) is 12.1 Å². The minimum atomic E-state index is -0.227. The number of carbonyl (C=O) groups excluding carboxylic acids is 1. The van der Waals surface area contributed by atoms with E-state index in [1.165, 1.54) is 7.11 Å². The summed E-state index contributed by atoms with van der Waals surface area (Å²) in [6.45, 7) is 1.96. The third kappa shape index (κ3) is 3.80. The molecule has 3 nitrogen and oxygen atoms in total. The van der Waals surface area contributed by atoms with E-state index in [4.69, 9.17) is 4.52 Å². The van der Waals surface area contributed by atoms with E-state index in [1.807, 2.05) is 6.92 Å². The summed E-state index contributed by atoms with van der Waals surface area (Å²) in [5.74, 6) is -0.227. The molecule has 0 spiro atoms. The van der Waals surface area contributed by atoms with Crippen LogP contribution in [0.2, 0.25) is 0 Å². The van der Waals surface area contributed by atoms with Gasteiger partial charge in [0.25, 0.3) is 0 Å². The molecule has 0 aliphatic carbocycles. The van der Waals surface area contributed by atoms with Crippen molar-refractivity contribution in [2.75, 3.05) is 7.11 Å². The Morgan fingerprint density at radius 2 is 2.30 bits per heavy atom. The fraction of sp³-hybridized carbons (Fsp3) is 0.833. The molecule has 0 N–H and O–H groups in total. The lowest BCUT2D eigenvalue weighted by atomic mass is 10.2. The molecular weight excluding hydrogens is 151 g/mol. The first-order valence-corrected chi connectivity index (χ1v) is 3.64. The number of ether oxygens (including phenoxy) is 1. The monoisotopic (exact) mass is 164 g/mol. The Morgan fingerprint density at radius 3 is 2.60 bits per heavy atom. The summed E-state index contributed by atoms with van der Waals surface area (Å²) in [5.41, 5.74) is 0. The van der Waals surface area contributed by atoms with Gasteiger partial charge in [-0.3, -0.25) is 4.79 Å². The number of esters is 1. The number of carbonyl (C=O) groups is 1. The third-order valence-corrected chi connectivity index (χ3v) is 1.65. The smallest absolute Gasteiger partial charge is 0.308 e. The van der Waals surface area contributed by atoms with Gasteiger partial charge in [0.2, 0.25) is 0 Å². The van der Waals surface area contributed by atoms with Crippen LogP contribution in [-0.4, -0.2) is 19.2 Å². The van der Waals surface area contributed by atoms with Crippen LogP contribution >= 0.6 is 9.47 Å². The molecule has 0 aromatic rings. The van der Waals surface area contributed by atoms with Crippen LogP contribution in [0, 0.1) is 0 Å². The van der Waals surface area contributed by atoms with Gasteiger partial charge in [0, 0.05) is 9.47 Å². The van der Waals surface area contributed by atoms with Crippen molar-refractivity contribution in [1.82, 2.24) is 0 Å². The molecule has 0 heterocycles. The maximum atomic E-state index is 10.6. The zero-order chi connectivity index (χ0) is 7.98. The molecule has 0 amide bonds. The molecule has 60 valence electrons. The van der Waals surface area contributed by atoms with Crippen LogP contribution in [0.3, 0.4) is 0 Å². The van der Waals surface area contributed by atoms with Gasteiger partial charge in [-0.15, -0.1) is 0 Å². The highest BCUT2D eigenvalue weighted by molar-refractivity contribution is 7.09. The molecule has 0 aliphatic rings. The lowest BCUT2D eigenvalue weighted by Crippen LogP contribution is -2.13. The van der Waals surface area contributed by atoms with Gasteiger partial charge in [-0.1, -0.05) is 6.92 Å². The van der Waals surface area contributed by atoms with E-state index < -0.39 is 0 Å². The first-order valence-electron chi connectivity index (χ1n) is 3.17. The minimum absolute atomic E-state index is 0.0301. The number of hydrogen-bond donors (Lipinski definition) is 0. The molecule has 10 heavy (non-hydrogen) atoms. The highest BCUT2D eigenvalue weighted by Crippen LogP contribution is 2.07. The van der Waals surface area contributed by atoms with Gasteiger partial charge in [0.15, 0.2) is 0 Å². The molecule has 4 heteroatoms. The molecule has 0 aromatic carbocycles. The highest BCUT2D eigenvalue weighted by atomic mass is 31.0. The second kappa shape index (κ2) is 5.63. The lowest BCUT2D eigenvalue weighted by Gasteiger charge is -2.09. The Morgan fingerprint density at radius 1 is 1.70 bits per heavy atom. The molecule has 0 bridgehead atoms. The Balaban J connectivity index is 3.52. The van der Waals surface area contributed by atoms with Crippen molar-refractivity contribution in [3.8, 4) is 0 Å². The first kappa shape index (κ1) is 9.86. The summed E-state index contributed by atoms with van der Waals surface area (Å²) in [6, 6.07) is 0. The summed E-state index contributed by atoms with van der Waals surface area (Å²) < 4.78 is 9.34. The minimum Gasteiger partial charge on any atom is -0.469 e. The first-order chi connectivity index (χ1) is 4.74. The SMILES string of the molecule is CC[C@@H](CC(=O)OC)OP. The standard InChI is InChI=1S/C6H13O3P/c1-3-5(9-10)4-6(7)8-2/h5H,3-4,10H2,1-2H3/t5-/m0/s1. The van der Waals surface area contributed by atoms with Gasteiger partial charge in [0.1, 0.15) is 0 Å². The van der Waals surface area contributed by atoms with E-state index >= 15 is 0 Å². The molecule has 2 atom stereocenters. The third-order valence-electron chi connectivity index (χ3n) is 1.27. The van der Waals surface area contributed by atoms with E-state index in [0.717, 1.165) is 6.42 Å². The second-order valence-corrected chi connectivity index (χ2v) is 2.22. The average molecular weight is 164 g/mol. The number of methoxy groups -OCH3 is 1. The topological polar surface area (TPSA) is 35.5 Å². The fourth-order valence-corrected chi connectivity index (χ4v) is 0.847. The molecule has 0 saturated carbocycles. The molecule has 0 aliphatic heterocycles. The van der Waals surface area contributed by atoms with Crippen molar-refractivity contribution in [1.29, 1.82) is 0 Å². The van der Waals surface area contributed by atoms with Gasteiger partial charge in [0.05, 0.1) is 19.6 Å². The van der Waals surface area contributed by atoms with Crippen molar-refractivity contribution in [2.24, 2.45) is 0 Å². The van der Waals surface area contributed by atoms with Crippen LogP contribution in [0.1, 0.15) is 19.8 Å². The normalized spacial score (nSPS) is 12.7. The zero-order valence-corrected chi connectivity index (χ0v) is 7.45. The fourth-order valence-electron chi connectivity index (χ4n) is 0.558. The van der Waals surface area contributed by atoms with Crippen molar-refractivity contribution >= 4 is 15.4 Å². The Bertz CT molecular complexity index is 101. The molecule has 0 fully saturated rings. The van der Waals surface area contributed by atoms with Crippen LogP contribution in [0.4, 0.5) is 0 Å². The summed E-state index contributed by atoms with van der Waals surface area (Å²) in [5, 5.41) is 0. The molecule has 0 rings (SSSR count). The van der Waals surface area contributed by atoms with Crippen molar-refractivity contribution in [2.45, 2.75) is 25.9 Å². The van der Waals surface area contributed by atoms with Crippen LogP contribution in [0.5, 0.6) is 0 Å². The molecule has 1 unspecified atom stereocenters. The van der Waals surface area contributed by atoms with Gasteiger partial charge in [-0.05, 0) is 6.42 Å². The maximum Gasteiger partial charge on any atom is 0.308 e. The van der Waals surface area contributed by atoms with E-state index in [1.54, 1.807) is 0 Å². The Kier molecular flexibility index (Phi) is 5.55. The van der Waals surface area contributed by atoms with Crippen LogP contribution < -0.4 is 0 Å². The predicted molar refractivity (Wildman–Crippen MR) is 41.5 cm³/mol. The summed E-state index contributed by atoms with van der Waals surface area (Å²) in [6.07, 6.45) is 1.12. The number of hydrogen-bond acceptors (Lipinski definition) is 3. The van der Waals surface area contributed by atoms with Gasteiger partial charge < -0.3 is 9.26 Å². The van der Waals surface area contributed by atoms with Gasteiger partial charge >= 0.3 is 5.97 Å². The van der Waals surface area contributed by atoms with Crippen molar-refractivity contribution in [3.63, 3.8) is 0 Å². The zero-order valence-electron chi connectivity index (χ0n) is 6.29.